The van der Waals surface area contributed by atoms with E-state index in [1.807, 2.05) is 64.4 Å². The van der Waals surface area contributed by atoms with Crippen molar-refractivity contribution in [1.82, 2.24) is 20.5 Å². The van der Waals surface area contributed by atoms with Gasteiger partial charge in [-0.25, -0.2) is 13.4 Å². The maximum Gasteiger partial charge on any atom is 0.246 e. The second-order valence-electron chi connectivity index (χ2n) is 20.3. The molecule has 0 spiro atoms. The molecule has 4 aromatic carbocycles. The number of fused-ring (bicyclic) bond motifs is 2. The van der Waals surface area contributed by atoms with Gasteiger partial charge >= 0.3 is 0 Å². The smallest absolute Gasteiger partial charge is 0.246 e. The number of hydrogen-bond acceptors (Lipinski definition) is 12. The molecule has 1 aromatic heterocycles. The molecule has 4 heterocycles. The number of nitrogens with one attached hydrogen (secondary N) is 2. The van der Waals surface area contributed by atoms with E-state index in [0.717, 1.165) is 63.2 Å². The number of ether oxygens (including phenoxy) is 2. The van der Waals surface area contributed by atoms with Gasteiger partial charge in [-0.05, 0) is 127 Å². The van der Waals surface area contributed by atoms with Crippen molar-refractivity contribution in [2.24, 2.45) is 5.41 Å². The number of aryl methyl sites for hydroxylation is 1. The fourth-order valence-corrected chi connectivity index (χ4v) is 13.0. The molecule has 7 unspecified atom stereocenters. The van der Waals surface area contributed by atoms with Crippen LogP contribution in [0.25, 0.3) is 21.6 Å². The number of sulfonamides is 1. The number of benzene rings is 4. The molecule has 2 bridgehead atoms. The molecule has 8 rings (SSSR count). The van der Waals surface area contributed by atoms with Gasteiger partial charge in [0, 0.05) is 25.9 Å². The zero-order chi connectivity index (χ0) is 52.2. The number of phenolic OH excluding ortho intramolecular Hbond substituents is 2. The summed E-state index contributed by atoms with van der Waals surface area (Å²) in [6.07, 6.45) is 1.37. The van der Waals surface area contributed by atoms with Crippen LogP contribution >= 0.6 is 11.3 Å². The number of anilines is 1. The fourth-order valence-electron chi connectivity index (χ4n) is 10.2. The maximum atomic E-state index is 14.5. The molecule has 17 heteroatoms. The van der Waals surface area contributed by atoms with E-state index in [1.165, 1.54) is 9.21 Å². The van der Waals surface area contributed by atoms with Gasteiger partial charge in [0.15, 0.2) is 0 Å². The zero-order valence-corrected chi connectivity index (χ0v) is 43.9. The number of hydrogen-bond donors (Lipinski definition) is 5. The van der Waals surface area contributed by atoms with E-state index in [0.29, 0.717) is 24.5 Å². The van der Waals surface area contributed by atoms with Crippen LogP contribution in [0, 0.1) is 12.3 Å². The lowest BCUT2D eigenvalue weighted by atomic mass is 9.83. The highest BCUT2D eigenvalue weighted by atomic mass is 32.2. The molecule has 5 aromatic rings. The van der Waals surface area contributed by atoms with Crippen LogP contribution in [-0.2, 0) is 29.1 Å². The fraction of sp³-hybridized carbons (Fsp3) is 0.429. The van der Waals surface area contributed by atoms with E-state index in [2.05, 4.69) is 15.6 Å². The molecule has 2 saturated heterocycles. The van der Waals surface area contributed by atoms with E-state index in [4.69, 9.17) is 9.47 Å². The molecule has 7 atom stereocenters. The molecule has 388 valence electrons. The van der Waals surface area contributed by atoms with Crippen molar-refractivity contribution in [3.8, 4) is 27.7 Å². The SMILES string of the molecule is CCN(c1ccc(OCCCCCCC(=O)NC(C(=O)N2CC(O)CC2C(=O)NC(C)c2ccc(-c3scnc3C)cc2)C(C)(C)C)cc1)S(=O)(=O)C1CC2OC1C(c1ccc(O)cc1)=C2c1ccc(O)cc1. The highest BCUT2D eigenvalue weighted by molar-refractivity contribution is 7.93. The number of nitrogens with zero attached hydrogens (tertiary/aromatic N) is 3. The summed E-state index contributed by atoms with van der Waals surface area (Å²) in [7, 11) is -3.92. The molecular formula is C56H67N5O10S2. The Morgan fingerprint density at radius 2 is 1.47 bits per heavy atom. The zero-order valence-electron chi connectivity index (χ0n) is 42.3. The Hall–Kier alpha value is -6.27. The first-order valence-corrected chi connectivity index (χ1v) is 27.5. The number of amides is 3. The van der Waals surface area contributed by atoms with Crippen LogP contribution in [0.2, 0.25) is 0 Å². The predicted molar refractivity (Wildman–Crippen MR) is 283 cm³/mol. The van der Waals surface area contributed by atoms with E-state index in [1.54, 1.807) is 91.1 Å². The summed E-state index contributed by atoms with van der Waals surface area (Å²) in [4.78, 5) is 48.0. The summed E-state index contributed by atoms with van der Waals surface area (Å²) < 4.78 is 42.8. The van der Waals surface area contributed by atoms with Gasteiger partial charge in [0.05, 0.1) is 46.6 Å². The Balaban J connectivity index is 0.791. The quantitative estimate of drug-likeness (QED) is 0.0467. The standard InChI is InChI=1S/C56H67N5O10S2/c1-7-61(73(68,69)47-31-46-49(37-17-23-41(62)24-18-37)50(51(47)71-46)38-19-25-42(63)26-20-38)40-21-27-44(28-22-40)70-29-11-9-8-10-12-48(65)59-53(56(4,5)6)55(67)60-32-43(64)30-45(60)54(66)58-34(2)36-13-15-39(16-14-36)52-35(3)57-33-72-52/h13-28,33-34,43,45-47,51,53,62-64H,7-12,29-32H2,1-6H3,(H,58,66)(H,59,65). The van der Waals surface area contributed by atoms with Gasteiger partial charge < -0.3 is 40.3 Å². The number of likely N-dealkylation sites (tertiary alicyclic amines) is 1. The van der Waals surface area contributed by atoms with Crippen molar-refractivity contribution in [3.63, 3.8) is 0 Å². The average Bonchev–Trinajstić information content (AvgIpc) is 4.18. The molecule has 0 aliphatic carbocycles. The molecule has 3 aliphatic heterocycles. The number of rotatable bonds is 20. The van der Waals surface area contributed by atoms with Gasteiger partial charge in [-0.2, -0.15) is 0 Å². The number of aromatic nitrogens is 1. The van der Waals surface area contributed by atoms with Crippen LogP contribution < -0.4 is 19.7 Å². The van der Waals surface area contributed by atoms with E-state index in [-0.39, 0.29) is 61.7 Å². The molecule has 15 nitrogen and oxygen atoms in total. The first-order chi connectivity index (χ1) is 34.8. The monoisotopic (exact) mass is 1030 g/mol. The maximum absolute atomic E-state index is 14.5. The third-order valence-corrected chi connectivity index (χ3v) is 17.3. The molecule has 3 aliphatic rings. The average molecular weight is 1030 g/mol. The summed E-state index contributed by atoms with van der Waals surface area (Å²) in [5, 5.41) is 35.8. The van der Waals surface area contributed by atoms with Crippen molar-refractivity contribution >= 4 is 55.9 Å². The Morgan fingerprint density at radius 3 is 2.07 bits per heavy atom. The van der Waals surface area contributed by atoms with Crippen molar-refractivity contribution in [1.29, 1.82) is 0 Å². The largest absolute Gasteiger partial charge is 0.508 e. The van der Waals surface area contributed by atoms with Crippen molar-refractivity contribution < 1.29 is 47.6 Å². The Bertz CT molecular complexity index is 2880. The molecule has 73 heavy (non-hydrogen) atoms. The van der Waals surface area contributed by atoms with Gasteiger partial charge in [0.2, 0.25) is 27.7 Å². The van der Waals surface area contributed by atoms with Gasteiger partial charge in [0.25, 0.3) is 0 Å². The first kappa shape index (κ1) is 53.0. The molecule has 5 N–H and O–H groups in total. The van der Waals surface area contributed by atoms with Crippen molar-refractivity contribution in [2.75, 3.05) is 24.0 Å². The second kappa shape index (κ2) is 22.5. The Kier molecular flexibility index (Phi) is 16.3. The summed E-state index contributed by atoms with van der Waals surface area (Å²) >= 11 is 1.57. The minimum absolute atomic E-state index is 0.00723. The summed E-state index contributed by atoms with van der Waals surface area (Å²) in [5.41, 5.74) is 7.78. The predicted octanol–water partition coefficient (Wildman–Crippen LogP) is 8.54. The van der Waals surface area contributed by atoms with E-state index in [9.17, 15) is 38.1 Å². The highest BCUT2D eigenvalue weighted by Crippen LogP contribution is 2.51. The lowest BCUT2D eigenvalue weighted by molar-refractivity contribution is -0.144. The highest BCUT2D eigenvalue weighted by Gasteiger charge is 2.54. The summed E-state index contributed by atoms with van der Waals surface area (Å²) in [6.45, 7) is 11.9. The van der Waals surface area contributed by atoms with Gasteiger partial charge in [-0.3, -0.25) is 18.7 Å². The first-order valence-electron chi connectivity index (χ1n) is 25.2. The lowest BCUT2D eigenvalue weighted by Crippen LogP contribution is -2.57. The number of thiazole rings is 1. The van der Waals surface area contributed by atoms with Gasteiger partial charge in [-0.1, -0.05) is 82.1 Å². The van der Waals surface area contributed by atoms with Crippen LogP contribution in [-0.4, -0.2) is 107 Å². The van der Waals surface area contributed by atoms with Crippen LogP contribution in [0.4, 0.5) is 5.69 Å². The van der Waals surface area contributed by atoms with Crippen LogP contribution in [0.5, 0.6) is 17.2 Å². The molecule has 3 amide bonds. The number of aromatic hydroxyl groups is 2. The van der Waals surface area contributed by atoms with E-state index >= 15 is 0 Å². The minimum atomic E-state index is -3.92. The lowest BCUT2D eigenvalue weighted by Gasteiger charge is -2.35. The topological polar surface area (TPSA) is 208 Å². The van der Waals surface area contributed by atoms with Gasteiger partial charge in [-0.15, -0.1) is 11.3 Å². The number of phenols is 2. The molecule has 2 fully saturated rings. The molecule has 0 saturated carbocycles. The number of carbonyl (C=O) groups excluding carboxylic acids is 3. The third-order valence-electron chi connectivity index (χ3n) is 14.1. The van der Waals surface area contributed by atoms with Crippen LogP contribution in [0.3, 0.4) is 0 Å². The number of aliphatic hydroxyl groups is 1. The van der Waals surface area contributed by atoms with Gasteiger partial charge in [0.1, 0.15) is 40.7 Å². The van der Waals surface area contributed by atoms with Crippen LogP contribution in [0.1, 0.15) is 108 Å². The summed E-state index contributed by atoms with van der Waals surface area (Å²) in [5.74, 6) is -0.208. The number of aliphatic hydroxyl groups excluding tert-OH is 1. The number of β-amino-alcohol motifs (C(OH)–C–C–N with tert-alkyl or cyclic N) is 1. The third kappa shape index (κ3) is 11.9. The van der Waals surface area contributed by atoms with E-state index < -0.39 is 57.0 Å². The number of carbonyl (C=O) groups is 3. The Morgan fingerprint density at radius 1 is 0.849 bits per heavy atom. The normalized spacial score (nSPS) is 20.5. The Labute approximate surface area is 432 Å². The molecular weight excluding hydrogens is 967 g/mol. The van der Waals surface area contributed by atoms with Crippen LogP contribution in [0.15, 0.2) is 103 Å². The minimum Gasteiger partial charge on any atom is -0.508 e. The summed E-state index contributed by atoms with van der Waals surface area (Å²) in [6, 6.07) is 26.3. The van der Waals surface area contributed by atoms with Crippen molar-refractivity contribution in [3.05, 3.63) is 125 Å². The van der Waals surface area contributed by atoms with Crippen molar-refractivity contribution in [2.45, 2.75) is 128 Å². The number of unbranched alkanes of at least 4 members (excludes halogenated alkanes) is 3. The molecule has 0 radical (unpaired) electrons. The second-order valence-corrected chi connectivity index (χ2v) is 23.3.